The van der Waals surface area contributed by atoms with Crippen LogP contribution in [0.2, 0.25) is 0 Å². The Balaban J connectivity index is 1.39. The minimum Gasteiger partial charge on any atom is -0.497 e. The van der Waals surface area contributed by atoms with Gasteiger partial charge in [0.25, 0.3) is 5.91 Å². The zero-order valence-electron chi connectivity index (χ0n) is 26.1. The van der Waals surface area contributed by atoms with E-state index in [1.807, 2.05) is 25.2 Å². The second kappa shape index (κ2) is 10.0. The van der Waals surface area contributed by atoms with Gasteiger partial charge >= 0.3 is 10.2 Å². The molecule has 8 rings (SSSR count). The highest BCUT2D eigenvalue weighted by Crippen LogP contribution is 2.90. The molecular formula is C34H40N4O6S. The number of methoxy groups -OCH3 is 1. The first-order chi connectivity index (χ1) is 21.6. The summed E-state index contributed by atoms with van der Waals surface area (Å²) in [6, 6.07) is 11.9. The molecule has 2 aliphatic heterocycles. The summed E-state index contributed by atoms with van der Waals surface area (Å²) in [4.78, 5) is 29.9. The first kappa shape index (κ1) is 29.0. The summed E-state index contributed by atoms with van der Waals surface area (Å²) in [5.41, 5.74) is 5.00. The summed E-state index contributed by atoms with van der Waals surface area (Å²) >= 11 is 0. The smallest absolute Gasteiger partial charge is 0.303 e. The number of nitrogens with zero attached hydrogens (tertiary/aromatic N) is 3. The summed E-state index contributed by atoms with van der Waals surface area (Å²) in [7, 11) is 0.864. The van der Waals surface area contributed by atoms with Crippen molar-refractivity contribution in [3.63, 3.8) is 0 Å². The molecule has 4 bridgehead atoms. The predicted molar refractivity (Wildman–Crippen MR) is 169 cm³/mol. The fourth-order valence-corrected chi connectivity index (χ4v) is 9.76. The average molecular weight is 633 g/mol. The van der Waals surface area contributed by atoms with Crippen molar-refractivity contribution in [2.45, 2.75) is 56.4 Å². The molecule has 10 nitrogen and oxygen atoms in total. The summed E-state index contributed by atoms with van der Waals surface area (Å²) < 4.78 is 43.2. The van der Waals surface area contributed by atoms with E-state index in [0.29, 0.717) is 19.0 Å². The van der Waals surface area contributed by atoms with E-state index in [4.69, 9.17) is 9.47 Å². The van der Waals surface area contributed by atoms with Crippen LogP contribution >= 0.6 is 0 Å². The molecule has 45 heavy (non-hydrogen) atoms. The van der Waals surface area contributed by atoms with Crippen molar-refractivity contribution in [1.29, 1.82) is 0 Å². The number of benzene rings is 2. The third kappa shape index (κ3) is 4.02. The van der Waals surface area contributed by atoms with Crippen molar-refractivity contribution >= 4 is 32.9 Å². The molecule has 1 N–H and O–H groups in total. The van der Waals surface area contributed by atoms with Gasteiger partial charge in [0.2, 0.25) is 5.91 Å². The quantitative estimate of drug-likeness (QED) is 0.457. The molecule has 3 aromatic rings. The maximum atomic E-state index is 14.6. The number of hydrogen-bond donors (Lipinski definition) is 1. The highest BCUT2D eigenvalue weighted by molar-refractivity contribution is 7.87. The molecule has 3 atom stereocenters. The lowest BCUT2D eigenvalue weighted by Crippen LogP contribution is -2.44. The fraction of sp³-hybridized carbons (Fsp3) is 0.529. The van der Waals surface area contributed by atoms with Crippen molar-refractivity contribution in [2.24, 2.45) is 11.3 Å². The summed E-state index contributed by atoms with van der Waals surface area (Å²) in [5, 5.41) is 1.07. The number of rotatable bonds is 2. The Bertz CT molecular complexity index is 1860. The molecule has 11 heteroatoms. The third-order valence-electron chi connectivity index (χ3n) is 11.5. The minimum absolute atomic E-state index is 0.0734. The van der Waals surface area contributed by atoms with Gasteiger partial charge in [-0.15, -0.1) is 0 Å². The lowest BCUT2D eigenvalue weighted by atomic mass is 9.79. The van der Waals surface area contributed by atoms with E-state index in [0.717, 1.165) is 51.5 Å². The highest BCUT2D eigenvalue weighted by atomic mass is 32.2. The van der Waals surface area contributed by atoms with Gasteiger partial charge in [-0.2, -0.15) is 12.7 Å². The van der Waals surface area contributed by atoms with Crippen molar-refractivity contribution in [1.82, 2.24) is 18.5 Å². The Morgan fingerprint density at radius 2 is 1.76 bits per heavy atom. The zero-order valence-corrected chi connectivity index (χ0v) is 26.9. The number of likely N-dealkylation sites (N-methyl/N-ethyl adjacent to an activating group) is 2. The Kier molecular flexibility index (Phi) is 6.48. The predicted octanol–water partition coefficient (Wildman–Crippen LogP) is 4.03. The van der Waals surface area contributed by atoms with Crippen LogP contribution in [0.3, 0.4) is 0 Å². The lowest BCUT2D eigenvalue weighted by molar-refractivity contribution is -0.139. The molecule has 3 fully saturated rings. The largest absolute Gasteiger partial charge is 0.497 e. The van der Waals surface area contributed by atoms with E-state index in [9.17, 15) is 18.0 Å². The van der Waals surface area contributed by atoms with Crippen molar-refractivity contribution in [2.75, 3.05) is 47.5 Å². The van der Waals surface area contributed by atoms with Crippen molar-refractivity contribution in [3.8, 4) is 17.0 Å². The zero-order chi connectivity index (χ0) is 31.3. The molecule has 2 amide bonds. The van der Waals surface area contributed by atoms with E-state index in [1.165, 1.54) is 37.4 Å². The van der Waals surface area contributed by atoms with Gasteiger partial charge < -0.3 is 18.9 Å². The minimum atomic E-state index is -4.08. The number of ether oxygens (including phenoxy) is 2. The van der Waals surface area contributed by atoms with Crippen LogP contribution in [0.1, 0.15) is 65.9 Å². The van der Waals surface area contributed by atoms with E-state index in [2.05, 4.69) is 21.4 Å². The second-order valence-corrected chi connectivity index (χ2v) is 15.4. The van der Waals surface area contributed by atoms with Crippen LogP contribution in [0.4, 0.5) is 0 Å². The van der Waals surface area contributed by atoms with Gasteiger partial charge in [0, 0.05) is 61.2 Å². The Morgan fingerprint density at radius 3 is 2.51 bits per heavy atom. The number of fused-ring (bicyclic) bond motifs is 3. The van der Waals surface area contributed by atoms with Crippen LogP contribution in [0.25, 0.3) is 22.2 Å². The molecule has 238 valence electrons. The van der Waals surface area contributed by atoms with Gasteiger partial charge in [0.15, 0.2) is 0 Å². The number of aromatic nitrogens is 1. The number of carbonyl (C=O) groups excluding carboxylic acids is 2. The third-order valence-corrected chi connectivity index (χ3v) is 12.9. The monoisotopic (exact) mass is 632 g/mol. The SMILES string of the molecule is COc1ccc2c(c1)[C@]13CC1[C@@]31Cn3c-2c(C2CCCCC2)c2ccc(cc23)C(=O)NS(=O)(=O)N(C)CCOCCN(C)C1=O. The van der Waals surface area contributed by atoms with Gasteiger partial charge in [0.1, 0.15) is 5.75 Å². The van der Waals surface area contributed by atoms with Crippen LogP contribution in [0.15, 0.2) is 36.4 Å². The second-order valence-electron chi connectivity index (χ2n) is 13.6. The Labute approximate surface area is 263 Å². The Hall–Kier alpha value is -3.41. The maximum absolute atomic E-state index is 14.6. The molecule has 2 spiro atoms. The first-order valence-electron chi connectivity index (χ1n) is 16.1. The van der Waals surface area contributed by atoms with Crippen LogP contribution in [-0.2, 0) is 31.7 Å². The van der Waals surface area contributed by atoms with Crippen molar-refractivity contribution < 1.29 is 27.5 Å². The van der Waals surface area contributed by atoms with E-state index in [-0.39, 0.29) is 42.6 Å². The van der Waals surface area contributed by atoms with Crippen molar-refractivity contribution in [3.05, 3.63) is 53.1 Å². The van der Waals surface area contributed by atoms with Crippen LogP contribution in [0, 0.1) is 11.3 Å². The molecule has 3 heterocycles. The van der Waals surface area contributed by atoms with Crippen LogP contribution in [0.5, 0.6) is 5.75 Å². The van der Waals surface area contributed by atoms with E-state index < -0.39 is 21.5 Å². The summed E-state index contributed by atoms with van der Waals surface area (Å²) in [5.74, 6) is 0.795. The first-order valence-corrected chi connectivity index (χ1v) is 17.5. The number of nitrogens with one attached hydrogen (secondary N) is 1. The standard InChI is InChI=1S/C34H40N4O6S/c1-36-13-15-44-16-14-37(2)45(41,42)35-31(39)22-9-11-25-27(17-22)38-20-34(32(36)40)28-19-33(28,34)26-18-23(43-3)10-12-24(26)30(38)29(25)21-7-5-4-6-8-21/h9-12,17-18,21,28H,4-8,13-16,19-20H2,1-3H3,(H,35,39)/t28?,33-,34-/m1/s1. The molecule has 0 saturated heterocycles. The Morgan fingerprint density at radius 1 is 0.978 bits per heavy atom. The molecule has 3 aliphatic carbocycles. The molecule has 1 aromatic heterocycles. The molecular weight excluding hydrogens is 592 g/mol. The van der Waals surface area contributed by atoms with Gasteiger partial charge in [-0.25, -0.2) is 4.72 Å². The molecule has 2 aromatic carbocycles. The van der Waals surface area contributed by atoms with E-state index in [1.54, 1.807) is 18.1 Å². The van der Waals surface area contributed by atoms with Crippen LogP contribution < -0.4 is 9.46 Å². The highest BCUT2D eigenvalue weighted by Gasteiger charge is 2.93. The molecule has 1 unspecified atom stereocenters. The van der Waals surface area contributed by atoms with Gasteiger partial charge in [-0.05, 0) is 72.6 Å². The topological polar surface area (TPSA) is 110 Å². The average Bonchev–Trinajstić information content (AvgIpc) is 3.90. The van der Waals surface area contributed by atoms with Gasteiger partial charge in [-0.1, -0.05) is 25.3 Å². The molecule has 0 radical (unpaired) electrons. The summed E-state index contributed by atoms with van der Waals surface area (Å²) in [6.45, 7) is 1.40. The van der Waals surface area contributed by atoms with Gasteiger partial charge in [-0.3, -0.25) is 9.59 Å². The lowest BCUT2D eigenvalue weighted by Gasteiger charge is -2.31. The summed E-state index contributed by atoms with van der Waals surface area (Å²) in [6.07, 6.45) is 6.70. The molecule has 5 aliphatic rings. The number of amides is 2. The van der Waals surface area contributed by atoms with E-state index >= 15 is 0 Å². The molecule has 3 saturated carbocycles. The number of carbonyl (C=O) groups is 2. The maximum Gasteiger partial charge on any atom is 0.303 e. The number of hydrogen-bond acceptors (Lipinski definition) is 6. The normalized spacial score (nSPS) is 29.8. The van der Waals surface area contributed by atoms with Crippen LogP contribution in [-0.4, -0.2) is 81.5 Å². The fourth-order valence-electron chi connectivity index (χ4n) is 8.94. The van der Waals surface area contributed by atoms with Gasteiger partial charge in [0.05, 0.1) is 31.4 Å².